The number of benzene rings is 1. The van der Waals surface area contributed by atoms with Crippen LogP contribution in [-0.2, 0) is 53.1 Å². The van der Waals surface area contributed by atoms with Crippen LogP contribution in [0.5, 0.6) is 5.75 Å². The minimum Gasteiger partial charge on any atom is -0.494 e. The largest absolute Gasteiger partial charge is 0.494 e. The topological polar surface area (TPSA) is 159 Å². The number of aryl methyl sites for hydroxylation is 1. The fraction of sp³-hybridized carbons (Fsp3) is 0.464. The lowest BCUT2D eigenvalue weighted by molar-refractivity contribution is -0.143. The Bertz CT molecular complexity index is 1720. The SMILES string of the molecule is CCOC(=O)Cn1c(=NC(=O)CS(=O)(=O)CC(=O)Nc2sc3c(c2C(=O)OCC)CCCC3)sc2cc(OCC)ccc21. The highest BCUT2D eigenvalue weighted by Crippen LogP contribution is 2.38. The molecule has 2 aromatic heterocycles. The summed E-state index contributed by atoms with van der Waals surface area (Å²) in [5.41, 5.74) is 1.68. The lowest BCUT2D eigenvalue weighted by Gasteiger charge is -2.12. The molecule has 0 unspecified atom stereocenters. The summed E-state index contributed by atoms with van der Waals surface area (Å²) in [6, 6.07) is 5.17. The second kappa shape index (κ2) is 14.3. The molecule has 0 radical (unpaired) electrons. The quantitative estimate of drug-likeness (QED) is 0.290. The second-order valence-electron chi connectivity index (χ2n) is 9.56. The number of aromatic nitrogens is 1. The maximum absolute atomic E-state index is 12.9. The van der Waals surface area contributed by atoms with Gasteiger partial charge in [-0.2, -0.15) is 4.99 Å². The van der Waals surface area contributed by atoms with Crippen molar-refractivity contribution in [1.29, 1.82) is 0 Å². The molecule has 0 saturated carbocycles. The molecule has 0 fully saturated rings. The summed E-state index contributed by atoms with van der Waals surface area (Å²) in [4.78, 5) is 55.6. The summed E-state index contributed by atoms with van der Waals surface area (Å²) in [5.74, 6) is -4.41. The van der Waals surface area contributed by atoms with Crippen molar-refractivity contribution in [2.45, 2.75) is 53.0 Å². The number of rotatable bonds is 12. The number of esters is 2. The van der Waals surface area contributed by atoms with Crippen LogP contribution in [0.4, 0.5) is 5.00 Å². The van der Waals surface area contributed by atoms with Gasteiger partial charge in [-0.3, -0.25) is 14.4 Å². The Morgan fingerprint density at radius 1 is 0.977 bits per heavy atom. The number of carbonyl (C=O) groups excluding carboxylic acids is 4. The number of thiazole rings is 1. The summed E-state index contributed by atoms with van der Waals surface area (Å²) in [6.07, 6.45) is 3.29. The molecular weight excluding hydrogens is 619 g/mol. The molecule has 0 aliphatic heterocycles. The molecule has 0 spiro atoms. The normalized spacial score (nSPS) is 13.4. The van der Waals surface area contributed by atoms with Gasteiger partial charge in [-0.15, -0.1) is 11.3 Å². The van der Waals surface area contributed by atoms with Gasteiger partial charge >= 0.3 is 11.9 Å². The molecule has 0 atom stereocenters. The first-order chi connectivity index (χ1) is 20.5. The second-order valence-corrected chi connectivity index (χ2v) is 13.7. The van der Waals surface area contributed by atoms with Crippen LogP contribution < -0.4 is 14.9 Å². The van der Waals surface area contributed by atoms with E-state index < -0.39 is 45.1 Å². The number of ether oxygens (including phenoxy) is 3. The zero-order valence-electron chi connectivity index (χ0n) is 24.1. The molecule has 4 rings (SSSR count). The fourth-order valence-electron chi connectivity index (χ4n) is 4.70. The Kier molecular flexibility index (Phi) is 10.7. The van der Waals surface area contributed by atoms with Gasteiger partial charge < -0.3 is 24.1 Å². The van der Waals surface area contributed by atoms with Crippen molar-refractivity contribution in [2.24, 2.45) is 4.99 Å². The van der Waals surface area contributed by atoms with Crippen molar-refractivity contribution in [1.82, 2.24) is 4.57 Å². The van der Waals surface area contributed by atoms with Crippen LogP contribution in [0.1, 0.15) is 54.4 Å². The summed E-state index contributed by atoms with van der Waals surface area (Å²) in [5, 5.41) is 2.80. The highest BCUT2D eigenvalue weighted by Gasteiger charge is 2.29. The molecule has 1 N–H and O–H groups in total. The molecule has 1 aromatic carbocycles. The van der Waals surface area contributed by atoms with Gasteiger partial charge in [-0.05, 0) is 70.2 Å². The lowest BCUT2D eigenvalue weighted by Crippen LogP contribution is -2.29. The van der Waals surface area contributed by atoms with Gasteiger partial charge in [0, 0.05) is 4.88 Å². The standard InChI is InChI=1S/C28H33N3O9S3/c1-4-38-17-11-12-19-21(13-17)42-28(31(19)14-24(34)39-5-2)30-23(33)16-43(36,37)15-22(32)29-26-25(27(35)40-6-3)18-9-7-8-10-20(18)41-26/h11-13H,4-10,14-16H2,1-3H3,(H,29,32). The van der Waals surface area contributed by atoms with Gasteiger partial charge in [0.1, 0.15) is 28.8 Å². The van der Waals surface area contributed by atoms with Gasteiger partial charge in [0.25, 0.3) is 5.91 Å². The molecular formula is C28H33N3O9S3. The lowest BCUT2D eigenvalue weighted by atomic mass is 9.95. The van der Waals surface area contributed by atoms with Crippen LogP contribution in [0, 0.1) is 0 Å². The molecule has 1 aliphatic carbocycles. The van der Waals surface area contributed by atoms with E-state index in [-0.39, 0.29) is 35.1 Å². The number of thiophene rings is 1. The highest BCUT2D eigenvalue weighted by molar-refractivity contribution is 7.92. The maximum atomic E-state index is 12.9. The Morgan fingerprint density at radius 2 is 1.72 bits per heavy atom. The van der Waals surface area contributed by atoms with Crippen molar-refractivity contribution in [3.63, 3.8) is 0 Å². The van der Waals surface area contributed by atoms with Crippen molar-refractivity contribution in [3.8, 4) is 5.75 Å². The molecule has 2 amide bonds. The first-order valence-corrected chi connectivity index (χ1v) is 17.3. The molecule has 12 nitrogen and oxygen atoms in total. The van der Waals surface area contributed by atoms with E-state index in [9.17, 15) is 27.6 Å². The molecule has 1 aliphatic rings. The third-order valence-corrected chi connectivity index (χ3v) is 10.0. The van der Waals surface area contributed by atoms with E-state index in [1.54, 1.807) is 32.0 Å². The third kappa shape index (κ3) is 8.09. The summed E-state index contributed by atoms with van der Waals surface area (Å²) in [7, 11) is -4.24. The summed E-state index contributed by atoms with van der Waals surface area (Å²) >= 11 is 2.33. The minimum absolute atomic E-state index is 0.101. The van der Waals surface area contributed by atoms with Crippen LogP contribution in [0.15, 0.2) is 23.2 Å². The van der Waals surface area contributed by atoms with E-state index in [1.165, 1.54) is 15.9 Å². The minimum atomic E-state index is -4.24. The predicted octanol–water partition coefficient (Wildman–Crippen LogP) is 3.26. The van der Waals surface area contributed by atoms with E-state index in [4.69, 9.17) is 14.2 Å². The number of sulfone groups is 1. The number of hydrogen-bond acceptors (Lipinski definition) is 11. The molecule has 3 aromatic rings. The first kappa shape index (κ1) is 32.4. The van der Waals surface area contributed by atoms with Crippen LogP contribution in [-0.4, -0.2) is 68.1 Å². The fourth-order valence-corrected chi connectivity index (χ4v) is 8.08. The number of amides is 2. The Labute approximate surface area is 256 Å². The maximum Gasteiger partial charge on any atom is 0.341 e. The Morgan fingerprint density at radius 3 is 2.44 bits per heavy atom. The van der Waals surface area contributed by atoms with Crippen molar-refractivity contribution in [3.05, 3.63) is 39.0 Å². The first-order valence-electron chi connectivity index (χ1n) is 13.9. The molecule has 43 heavy (non-hydrogen) atoms. The number of nitrogens with one attached hydrogen (secondary N) is 1. The van der Waals surface area contributed by atoms with Gasteiger partial charge in [0.2, 0.25) is 5.91 Å². The molecule has 0 saturated heterocycles. The Hall–Kier alpha value is -3.56. The van der Waals surface area contributed by atoms with Gasteiger partial charge in [-0.1, -0.05) is 11.3 Å². The van der Waals surface area contributed by atoms with E-state index in [2.05, 4.69) is 10.3 Å². The van der Waals surface area contributed by atoms with Crippen LogP contribution in [0.25, 0.3) is 10.2 Å². The van der Waals surface area contributed by atoms with E-state index in [1.807, 2.05) is 6.92 Å². The number of carbonyl (C=O) groups is 4. The van der Waals surface area contributed by atoms with Crippen LogP contribution >= 0.6 is 22.7 Å². The van der Waals surface area contributed by atoms with Gasteiger partial charge in [-0.25, -0.2) is 13.2 Å². The molecule has 232 valence electrons. The van der Waals surface area contributed by atoms with E-state index in [0.29, 0.717) is 29.0 Å². The van der Waals surface area contributed by atoms with E-state index in [0.717, 1.165) is 41.0 Å². The highest BCUT2D eigenvalue weighted by atomic mass is 32.2. The molecule has 0 bridgehead atoms. The van der Waals surface area contributed by atoms with Crippen LogP contribution in [0.3, 0.4) is 0 Å². The predicted molar refractivity (Wildman–Crippen MR) is 162 cm³/mol. The molecule has 2 heterocycles. The zero-order chi connectivity index (χ0) is 31.1. The number of hydrogen-bond donors (Lipinski definition) is 1. The summed E-state index contributed by atoms with van der Waals surface area (Å²) < 4.78 is 43.6. The van der Waals surface area contributed by atoms with Gasteiger partial charge in [0.05, 0.1) is 35.6 Å². The zero-order valence-corrected chi connectivity index (χ0v) is 26.5. The number of anilines is 1. The van der Waals surface area contributed by atoms with Crippen LogP contribution in [0.2, 0.25) is 0 Å². The van der Waals surface area contributed by atoms with Crippen molar-refractivity contribution >= 4 is 71.5 Å². The van der Waals surface area contributed by atoms with E-state index >= 15 is 0 Å². The number of nitrogens with zero attached hydrogens (tertiary/aromatic N) is 2. The van der Waals surface area contributed by atoms with Crippen molar-refractivity contribution in [2.75, 3.05) is 36.6 Å². The number of fused-ring (bicyclic) bond motifs is 2. The molecule has 15 heteroatoms. The smallest absolute Gasteiger partial charge is 0.341 e. The average molecular weight is 652 g/mol. The summed E-state index contributed by atoms with van der Waals surface area (Å²) in [6.45, 7) is 5.71. The van der Waals surface area contributed by atoms with Gasteiger partial charge in [0.15, 0.2) is 14.6 Å². The monoisotopic (exact) mass is 651 g/mol. The van der Waals surface area contributed by atoms with Crippen molar-refractivity contribution < 1.29 is 41.8 Å². The average Bonchev–Trinajstić information content (AvgIpc) is 3.45. The Balaban J connectivity index is 1.54. The third-order valence-electron chi connectivity index (χ3n) is 6.38.